The van der Waals surface area contributed by atoms with Gasteiger partial charge < -0.3 is 0 Å². The average Bonchev–Trinajstić information content (AvgIpc) is 2.12. The second-order valence-corrected chi connectivity index (χ2v) is 3.25. The molecular formula is C8H13. The standard InChI is InChI=1S/C8H13/c1-2-7-4-5-8(3-1)6-7/h7H,1-6H2. The van der Waals surface area contributed by atoms with E-state index in [4.69, 9.17) is 0 Å². The molecule has 2 fully saturated rings. The summed E-state index contributed by atoms with van der Waals surface area (Å²) in [5.41, 5.74) is 0. The smallest absolute Gasteiger partial charge is 0.0238 e. The van der Waals surface area contributed by atoms with Crippen LogP contribution in [0.3, 0.4) is 0 Å². The van der Waals surface area contributed by atoms with E-state index in [1.54, 1.807) is 0 Å². The number of fused-ring (bicyclic) bond motifs is 2. The van der Waals surface area contributed by atoms with Gasteiger partial charge in [0.25, 0.3) is 0 Å². The average molecular weight is 109 g/mol. The van der Waals surface area contributed by atoms with Crippen LogP contribution >= 0.6 is 0 Å². The zero-order chi connectivity index (χ0) is 5.40. The zero-order valence-corrected chi connectivity index (χ0v) is 5.32. The van der Waals surface area contributed by atoms with Crippen molar-refractivity contribution in [3.05, 3.63) is 5.92 Å². The summed E-state index contributed by atoms with van der Waals surface area (Å²) in [5.74, 6) is 3.00. The molecule has 0 aromatic heterocycles. The third-order valence-corrected chi connectivity index (χ3v) is 2.63. The van der Waals surface area contributed by atoms with Crippen molar-refractivity contribution in [2.75, 3.05) is 0 Å². The summed E-state index contributed by atoms with van der Waals surface area (Å²) in [5, 5.41) is 0. The largest absolute Gasteiger partial charge is 0.0525 e. The van der Waals surface area contributed by atoms with Gasteiger partial charge in [0.1, 0.15) is 0 Å². The normalized spacial score (nSPS) is 38.2. The molecule has 0 amide bonds. The Balaban J connectivity index is 2.03. The topological polar surface area (TPSA) is 0 Å². The van der Waals surface area contributed by atoms with Gasteiger partial charge in [0.15, 0.2) is 0 Å². The Morgan fingerprint density at radius 3 is 2.88 bits per heavy atom. The first-order chi connectivity index (χ1) is 3.95. The molecule has 2 rings (SSSR count). The maximum absolute atomic E-state index is 1.88. The van der Waals surface area contributed by atoms with Gasteiger partial charge >= 0.3 is 0 Å². The van der Waals surface area contributed by atoms with E-state index < -0.39 is 0 Å². The summed E-state index contributed by atoms with van der Waals surface area (Å²) in [7, 11) is 0. The molecule has 2 saturated carbocycles. The fourth-order valence-electron chi connectivity index (χ4n) is 2.13. The highest BCUT2D eigenvalue weighted by Crippen LogP contribution is 2.42. The lowest BCUT2D eigenvalue weighted by molar-refractivity contribution is 0.447. The van der Waals surface area contributed by atoms with E-state index in [1.807, 2.05) is 5.92 Å². The molecule has 1 unspecified atom stereocenters. The molecule has 0 N–H and O–H groups in total. The van der Waals surface area contributed by atoms with Crippen molar-refractivity contribution in [1.82, 2.24) is 0 Å². The monoisotopic (exact) mass is 109 g/mol. The van der Waals surface area contributed by atoms with Crippen molar-refractivity contribution in [2.45, 2.75) is 38.5 Å². The Morgan fingerprint density at radius 1 is 1.12 bits per heavy atom. The Hall–Kier alpha value is 0. The van der Waals surface area contributed by atoms with E-state index in [9.17, 15) is 0 Å². The summed E-state index contributed by atoms with van der Waals surface area (Å²) in [6.07, 6.45) is 9.00. The van der Waals surface area contributed by atoms with E-state index >= 15 is 0 Å². The molecule has 0 aliphatic heterocycles. The Morgan fingerprint density at radius 2 is 2.12 bits per heavy atom. The SMILES string of the molecule is C1C[C]2CCC(C1)C2. The summed E-state index contributed by atoms with van der Waals surface area (Å²) in [6, 6.07) is 0. The molecule has 0 heterocycles. The van der Waals surface area contributed by atoms with E-state index in [0.29, 0.717) is 0 Å². The molecule has 2 aliphatic rings. The number of rotatable bonds is 0. The van der Waals surface area contributed by atoms with Crippen LogP contribution < -0.4 is 0 Å². The van der Waals surface area contributed by atoms with Crippen molar-refractivity contribution in [3.8, 4) is 0 Å². The maximum Gasteiger partial charge on any atom is -0.0238 e. The first-order valence-corrected chi connectivity index (χ1v) is 3.79. The molecule has 2 bridgehead atoms. The van der Waals surface area contributed by atoms with Crippen LogP contribution in [-0.4, -0.2) is 0 Å². The molecule has 0 saturated heterocycles. The van der Waals surface area contributed by atoms with E-state index in [0.717, 1.165) is 5.92 Å². The maximum atomic E-state index is 1.88. The molecular weight excluding hydrogens is 96.1 g/mol. The lowest BCUT2D eigenvalue weighted by Gasteiger charge is -2.16. The Bertz CT molecular complexity index is 72.0. The fraction of sp³-hybridized carbons (Fsp3) is 0.875. The van der Waals surface area contributed by atoms with Gasteiger partial charge in [0.2, 0.25) is 0 Å². The minimum absolute atomic E-state index is 1.12. The van der Waals surface area contributed by atoms with Crippen LogP contribution in [0, 0.1) is 11.8 Å². The molecule has 0 nitrogen and oxygen atoms in total. The van der Waals surface area contributed by atoms with E-state index in [-0.39, 0.29) is 0 Å². The van der Waals surface area contributed by atoms with Crippen LogP contribution in [-0.2, 0) is 0 Å². The molecule has 8 heavy (non-hydrogen) atoms. The van der Waals surface area contributed by atoms with Crippen molar-refractivity contribution >= 4 is 0 Å². The van der Waals surface area contributed by atoms with Crippen LogP contribution in [0.2, 0.25) is 0 Å². The minimum Gasteiger partial charge on any atom is -0.0525 e. The van der Waals surface area contributed by atoms with Crippen molar-refractivity contribution in [1.29, 1.82) is 0 Å². The Labute approximate surface area is 51.3 Å². The van der Waals surface area contributed by atoms with Crippen LogP contribution in [0.5, 0.6) is 0 Å². The second kappa shape index (κ2) is 1.75. The predicted octanol–water partition coefficient (Wildman–Crippen LogP) is 2.54. The molecule has 0 aromatic carbocycles. The first kappa shape index (κ1) is 4.84. The molecule has 45 valence electrons. The summed E-state index contributed by atoms with van der Waals surface area (Å²) >= 11 is 0. The predicted molar refractivity (Wildman–Crippen MR) is 34.4 cm³/mol. The van der Waals surface area contributed by atoms with E-state index in [2.05, 4.69) is 0 Å². The van der Waals surface area contributed by atoms with Gasteiger partial charge in [-0.3, -0.25) is 0 Å². The number of hydrogen-bond donors (Lipinski definition) is 0. The lowest BCUT2D eigenvalue weighted by atomic mass is 9.89. The van der Waals surface area contributed by atoms with Crippen molar-refractivity contribution < 1.29 is 0 Å². The fourth-order valence-corrected chi connectivity index (χ4v) is 2.13. The van der Waals surface area contributed by atoms with Gasteiger partial charge in [0.05, 0.1) is 0 Å². The molecule has 1 radical (unpaired) electrons. The van der Waals surface area contributed by atoms with Gasteiger partial charge in [0, 0.05) is 0 Å². The number of hydrogen-bond acceptors (Lipinski definition) is 0. The highest BCUT2D eigenvalue weighted by atomic mass is 14.3. The van der Waals surface area contributed by atoms with Crippen LogP contribution in [0.25, 0.3) is 0 Å². The van der Waals surface area contributed by atoms with Crippen LogP contribution in [0.4, 0.5) is 0 Å². The van der Waals surface area contributed by atoms with Gasteiger partial charge in [-0.25, -0.2) is 0 Å². The second-order valence-electron chi connectivity index (χ2n) is 3.25. The van der Waals surface area contributed by atoms with Crippen molar-refractivity contribution in [2.24, 2.45) is 5.92 Å². The quantitative estimate of drug-likeness (QED) is 0.448. The van der Waals surface area contributed by atoms with Gasteiger partial charge in [-0.2, -0.15) is 0 Å². The lowest BCUT2D eigenvalue weighted by Crippen LogP contribution is -2.01. The first-order valence-electron chi connectivity index (χ1n) is 3.79. The molecule has 2 aliphatic carbocycles. The van der Waals surface area contributed by atoms with Crippen LogP contribution in [0.15, 0.2) is 0 Å². The van der Waals surface area contributed by atoms with Crippen LogP contribution in [0.1, 0.15) is 38.5 Å². The zero-order valence-electron chi connectivity index (χ0n) is 5.32. The molecule has 0 heteroatoms. The third-order valence-electron chi connectivity index (χ3n) is 2.63. The van der Waals surface area contributed by atoms with Gasteiger partial charge in [-0.05, 0) is 37.5 Å². The van der Waals surface area contributed by atoms with Crippen molar-refractivity contribution in [3.63, 3.8) is 0 Å². The summed E-state index contributed by atoms with van der Waals surface area (Å²) in [4.78, 5) is 0. The molecule has 1 atom stereocenters. The Kier molecular flexibility index (Phi) is 1.06. The summed E-state index contributed by atoms with van der Waals surface area (Å²) in [6.45, 7) is 0. The highest BCUT2D eigenvalue weighted by molar-refractivity contribution is 5.01. The molecule has 0 aromatic rings. The van der Waals surface area contributed by atoms with Gasteiger partial charge in [-0.15, -0.1) is 0 Å². The van der Waals surface area contributed by atoms with Gasteiger partial charge in [-0.1, -0.05) is 12.8 Å². The van der Waals surface area contributed by atoms with E-state index in [1.165, 1.54) is 38.5 Å². The molecule has 0 spiro atoms. The highest BCUT2D eigenvalue weighted by Gasteiger charge is 2.28. The third kappa shape index (κ3) is 0.667. The summed E-state index contributed by atoms with van der Waals surface area (Å²) < 4.78 is 0. The minimum atomic E-state index is 1.12.